The van der Waals surface area contributed by atoms with E-state index in [-0.39, 0.29) is 0 Å². The van der Waals surface area contributed by atoms with Gasteiger partial charge in [0.25, 0.3) is 0 Å². The minimum Gasteiger partial charge on any atom is -0.295 e. The topological polar surface area (TPSA) is 3.24 Å². The van der Waals surface area contributed by atoms with Gasteiger partial charge >= 0.3 is 0 Å². The zero-order valence-electron chi connectivity index (χ0n) is 15.1. The maximum absolute atomic E-state index is 2.55. The van der Waals surface area contributed by atoms with Crippen molar-refractivity contribution >= 4 is 0 Å². The highest BCUT2D eigenvalue weighted by atomic mass is 15.1. The van der Waals surface area contributed by atoms with Gasteiger partial charge in [0.15, 0.2) is 0 Å². The Bertz CT molecular complexity index is 749. The molecule has 3 aromatic rings. The molecule has 25 heavy (non-hydrogen) atoms. The maximum atomic E-state index is 2.55. The lowest BCUT2D eigenvalue weighted by atomic mass is 10.1. The van der Waals surface area contributed by atoms with Crippen LogP contribution in [-0.2, 0) is 25.9 Å². The smallest absolute Gasteiger partial charge is 0.0237 e. The summed E-state index contributed by atoms with van der Waals surface area (Å²) < 4.78 is 0. The van der Waals surface area contributed by atoms with Gasteiger partial charge in [-0.1, -0.05) is 91.9 Å². The Morgan fingerprint density at radius 3 is 1.84 bits per heavy atom. The Morgan fingerprint density at radius 2 is 1.16 bits per heavy atom. The summed E-state index contributed by atoms with van der Waals surface area (Å²) in [7, 11) is 0. The van der Waals surface area contributed by atoms with Crippen molar-refractivity contribution in [2.24, 2.45) is 0 Å². The van der Waals surface area contributed by atoms with E-state index in [0.29, 0.717) is 0 Å². The third kappa shape index (κ3) is 5.58. The van der Waals surface area contributed by atoms with Crippen LogP contribution in [0, 0.1) is 0 Å². The summed E-state index contributed by atoms with van der Waals surface area (Å²) in [6.07, 6.45) is 2.18. The van der Waals surface area contributed by atoms with Gasteiger partial charge in [-0.05, 0) is 35.1 Å². The van der Waals surface area contributed by atoms with Crippen molar-refractivity contribution in [3.63, 3.8) is 0 Å². The highest BCUT2D eigenvalue weighted by molar-refractivity contribution is 5.24. The molecule has 1 heteroatoms. The van der Waals surface area contributed by atoms with E-state index in [1.54, 1.807) is 0 Å². The number of aryl methyl sites for hydroxylation is 1. The molecule has 0 unspecified atom stereocenters. The molecule has 0 saturated carbocycles. The normalized spacial score (nSPS) is 11.0. The lowest BCUT2D eigenvalue weighted by Crippen LogP contribution is -2.25. The fourth-order valence-electron chi connectivity index (χ4n) is 3.19. The van der Waals surface area contributed by atoms with E-state index in [0.717, 1.165) is 32.5 Å². The first kappa shape index (κ1) is 17.4. The molecule has 0 aliphatic heterocycles. The SMILES string of the molecule is CCc1cccc(CN(CCc2ccccc2)Cc2ccccc2)c1. The molecule has 0 aliphatic carbocycles. The molecule has 3 aromatic carbocycles. The molecule has 3 rings (SSSR count). The molecule has 0 amide bonds. The highest BCUT2D eigenvalue weighted by Gasteiger charge is 2.08. The second-order valence-corrected chi connectivity index (χ2v) is 6.61. The lowest BCUT2D eigenvalue weighted by molar-refractivity contribution is 0.260. The van der Waals surface area contributed by atoms with Crippen LogP contribution in [0.3, 0.4) is 0 Å². The molecular weight excluding hydrogens is 302 g/mol. The van der Waals surface area contributed by atoms with E-state index in [9.17, 15) is 0 Å². The van der Waals surface area contributed by atoms with Crippen LogP contribution in [0.25, 0.3) is 0 Å². The van der Waals surface area contributed by atoms with E-state index in [4.69, 9.17) is 0 Å². The van der Waals surface area contributed by atoms with Crippen LogP contribution in [0.4, 0.5) is 0 Å². The minimum atomic E-state index is 0.990. The molecule has 128 valence electrons. The Balaban J connectivity index is 1.71. The molecular formula is C24H27N. The van der Waals surface area contributed by atoms with E-state index in [2.05, 4.69) is 96.8 Å². The van der Waals surface area contributed by atoms with Gasteiger partial charge in [-0.3, -0.25) is 4.90 Å². The van der Waals surface area contributed by atoms with Crippen molar-refractivity contribution in [1.82, 2.24) is 4.90 Å². The van der Waals surface area contributed by atoms with Crippen molar-refractivity contribution in [1.29, 1.82) is 0 Å². The largest absolute Gasteiger partial charge is 0.295 e. The first-order chi connectivity index (χ1) is 12.3. The summed E-state index contributed by atoms with van der Waals surface area (Å²) in [5.74, 6) is 0. The van der Waals surface area contributed by atoms with E-state index in [1.165, 1.54) is 22.3 Å². The summed E-state index contributed by atoms with van der Waals surface area (Å²) in [5, 5.41) is 0. The predicted molar refractivity (Wildman–Crippen MR) is 107 cm³/mol. The molecule has 0 spiro atoms. The van der Waals surface area contributed by atoms with Crippen LogP contribution in [0.2, 0.25) is 0 Å². The van der Waals surface area contributed by atoms with E-state index in [1.807, 2.05) is 0 Å². The van der Waals surface area contributed by atoms with Gasteiger partial charge in [-0.2, -0.15) is 0 Å². The summed E-state index contributed by atoms with van der Waals surface area (Å²) >= 11 is 0. The molecule has 0 aromatic heterocycles. The number of benzene rings is 3. The van der Waals surface area contributed by atoms with Gasteiger partial charge in [0.05, 0.1) is 0 Å². The summed E-state index contributed by atoms with van der Waals surface area (Å²) in [4.78, 5) is 2.55. The first-order valence-corrected chi connectivity index (χ1v) is 9.21. The van der Waals surface area contributed by atoms with Crippen molar-refractivity contribution in [3.8, 4) is 0 Å². The summed E-state index contributed by atoms with van der Waals surface area (Å²) in [5.41, 5.74) is 5.61. The third-order valence-corrected chi connectivity index (χ3v) is 4.61. The fraction of sp³-hybridized carbons (Fsp3) is 0.250. The number of hydrogen-bond acceptors (Lipinski definition) is 1. The van der Waals surface area contributed by atoms with Crippen molar-refractivity contribution < 1.29 is 0 Å². The molecule has 0 N–H and O–H groups in total. The Hall–Kier alpha value is -2.38. The van der Waals surface area contributed by atoms with Crippen LogP contribution >= 0.6 is 0 Å². The van der Waals surface area contributed by atoms with Crippen LogP contribution in [0.15, 0.2) is 84.9 Å². The van der Waals surface area contributed by atoms with Crippen LogP contribution in [0.5, 0.6) is 0 Å². The van der Waals surface area contributed by atoms with Gasteiger partial charge < -0.3 is 0 Å². The number of nitrogens with zero attached hydrogens (tertiary/aromatic N) is 1. The van der Waals surface area contributed by atoms with Gasteiger partial charge in [0, 0.05) is 19.6 Å². The van der Waals surface area contributed by atoms with Gasteiger partial charge in [0.2, 0.25) is 0 Å². The molecule has 0 bridgehead atoms. The number of hydrogen-bond donors (Lipinski definition) is 0. The Morgan fingerprint density at radius 1 is 0.600 bits per heavy atom. The second kappa shape index (κ2) is 9.19. The quantitative estimate of drug-likeness (QED) is 0.528. The van der Waals surface area contributed by atoms with Gasteiger partial charge in [-0.25, -0.2) is 0 Å². The molecule has 0 aliphatic rings. The predicted octanol–water partition coefficient (Wildman–Crippen LogP) is 5.49. The monoisotopic (exact) mass is 329 g/mol. The Labute approximate surface area is 151 Å². The summed E-state index contributed by atoms with van der Waals surface area (Å²) in [6.45, 7) is 5.27. The molecule has 1 nitrogen and oxygen atoms in total. The molecule has 0 fully saturated rings. The fourth-order valence-corrected chi connectivity index (χ4v) is 3.19. The molecule has 0 heterocycles. The van der Waals surface area contributed by atoms with Crippen LogP contribution in [-0.4, -0.2) is 11.4 Å². The van der Waals surface area contributed by atoms with Gasteiger partial charge in [-0.15, -0.1) is 0 Å². The maximum Gasteiger partial charge on any atom is 0.0237 e. The molecule has 0 atom stereocenters. The van der Waals surface area contributed by atoms with Crippen LogP contribution < -0.4 is 0 Å². The lowest BCUT2D eigenvalue weighted by Gasteiger charge is -2.23. The standard InChI is InChI=1S/C24H27N/c1-2-21-14-9-15-24(18-21)20-25(19-23-12-7-4-8-13-23)17-16-22-10-5-3-6-11-22/h3-15,18H,2,16-17,19-20H2,1H3. The highest BCUT2D eigenvalue weighted by Crippen LogP contribution is 2.13. The van der Waals surface area contributed by atoms with Crippen molar-refractivity contribution in [3.05, 3.63) is 107 Å². The van der Waals surface area contributed by atoms with Gasteiger partial charge in [0.1, 0.15) is 0 Å². The third-order valence-electron chi connectivity index (χ3n) is 4.61. The van der Waals surface area contributed by atoms with E-state index >= 15 is 0 Å². The minimum absolute atomic E-state index is 0.990. The summed E-state index contributed by atoms with van der Waals surface area (Å²) in [6, 6.07) is 30.6. The average molecular weight is 329 g/mol. The zero-order valence-corrected chi connectivity index (χ0v) is 15.1. The Kier molecular flexibility index (Phi) is 6.42. The van der Waals surface area contributed by atoms with E-state index < -0.39 is 0 Å². The number of rotatable bonds is 8. The van der Waals surface area contributed by atoms with Crippen LogP contribution in [0.1, 0.15) is 29.2 Å². The second-order valence-electron chi connectivity index (χ2n) is 6.61. The van der Waals surface area contributed by atoms with Crippen molar-refractivity contribution in [2.45, 2.75) is 32.9 Å². The average Bonchev–Trinajstić information content (AvgIpc) is 2.68. The molecule has 0 saturated heterocycles. The first-order valence-electron chi connectivity index (χ1n) is 9.21. The molecule has 0 radical (unpaired) electrons. The van der Waals surface area contributed by atoms with Crippen molar-refractivity contribution in [2.75, 3.05) is 6.54 Å². The zero-order chi connectivity index (χ0) is 17.3.